The third kappa shape index (κ3) is 2.89. The van der Waals surface area contributed by atoms with E-state index >= 15 is 0 Å². The van der Waals surface area contributed by atoms with Crippen LogP contribution in [0.3, 0.4) is 0 Å². The van der Waals surface area contributed by atoms with Crippen molar-refractivity contribution < 1.29 is 9.53 Å². The summed E-state index contributed by atoms with van der Waals surface area (Å²) in [7, 11) is 0. The number of nitrogens with one attached hydrogen (secondary N) is 1. The molecule has 1 fully saturated rings. The van der Waals surface area contributed by atoms with Gasteiger partial charge in [-0.05, 0) is 18.2 Å². The van der Waals surface area contributed by atoms with Crippen LogP contribution >= 0.6 is 0 Å². The number of ether oxygens (including phenoxy) is 1. The fraction of sp³-hybridized carbons (Fsp3) is 0.136. The molecule has 1 N–H and O–H groups in total. The molecule has 0 atom stereocenters. The zero-order valence-corrected chi connectivity index (χ0v) is 15.0. The number of H-pyrrole nitrogens is 1. The van der Waals surface area contributed by atoms with Gasteiger partial charge in [0, 0.05) is 28.4 Å². The van der Waals surface area contributed by atoms with Crippen LogP contribution in [0, 0.1) is 0 Å². The van der Waals surface area contributed by atoms with Crippen LogP contribution in [0.25, 0.3) is 21.8 Å². The molecule has 28 heavy (non-hydrogen) atoms. The summed E-state index contributed by atoms with van der Waals surface area (Å²) in [6.45, 7) is 0.933. The zero-order chi connectivity index (χ0) is 19.1. The van der Waals surface area contributed by atoms with E-state index in [0.29, 0.717) is 30.0 Å². The van der Waals surface area contributed by atoms with Gasteiger partial charge in [0.05, 0.1) is 24.2 Å². The smallest absolute Gasteiger partial charge is 0.255 e. The molecule has 138 valence electrons. The summed E-state index contributed by atoms with van der Waals surface area (Å²) >= 11 is 0. The number of likely N-dealkylation sites (tertiary alicyclic amines) is 1. The number of fused-ring (bicyclic) bond motifs is 2. The number of pyridine rings is 2. The predicted octanol–water partition coefficient (Wildman–Crippen LogP) is 2.98. The van der Waals surface area contributed by atoms with Crippen molar-refractivity contribution >= 4 is 27.7 Å². The second-order valence-corrected chi connectivity index (χ2v) is 6.89. The summed E-state index contributed by atoms with van der Waals surface area (Å²) in [6.07, 6.45) is -0.106. The highest BCUT2D eigenvalue weighted by molar-refractivity contribution is 6.06. The summed E-state index contributed by atoms with van der Waals surface area (Å²) in [4.78, 5) is 33.7. The molecule has 0 unspecified atom stereocenters. The van der Waals surface area contributed by atoms with Crippen molar-refractivity contribution in [2.75, 3.05) is 13.1 Å². The number of aromatic nitrogens is 2. The number of rotatable bonds is 3. The van der Waals surface area contributed by atoms with Gasteiger partial charge in [-0.25, -0.2) is 4.98 Å². The third-order valence-corrected chi connectivity index (χ3v) is 4.98. The molecule has 6 heteroatoms. The van der Waals surface area contributed by atoms with E-state index in [1.54, 1.807) is 11.0 Å². The fourth-order valence-electron chi connectivity index (χ4n) is 3.51. The minimum Gasteiger partial charge on any atom is -0.471 e. The molecular weight excluding hydrogens is 354 g/mol. The first-order valence-corrected chi connectivity index (χ1v) is 9.11. The second kappa shape index (κ2) is 6.49. The van der Waals surface area contributed by atoms with Crippen LogP contribution in [0.1, 0.15) is 10.4 Å². The first-order valence-electron chi connectivity index (χ1n) is 9.11. The maximum absolute atomic E-state index is 12.9. The van der Waals surface area contributed by atoms with Gasteiger partial charge in [-0.2, -0.15) is 0 Å². The molecule has 4 aromatic rings. The molecule has 0 bridgehead atoms. The van der Waals surface area contributed by atoms with E-state index in [0.717, 1.165) is 16.3 Å². The summed E-state index contributed by atoms with van der Waals surface area (Å²) in [5.74, 6) is 0.394. The zero-order valence-electron chi connectivity index (χ0n) is 15.0. The van der Waals surface area contributed by atoms with E-state index in [1.165, 1.54) is 6.07 Å². The van der Waals surface area contributed by atoms with Crippen molar-refractivity contribution in [2.24, 2.45) is 0 Å². The molecule has 1 amide bonds. The highest BCUT2D eigenvalue weighted by Crippen LogP contribution is 2.23. The lowest BCUT2D eigenvalue weighted by Gasteiger charge is -2.38. The summed E-state index contributed by atoms with van der Waals surface area (Å²) in [5.41, 5.74) is 1.67. The van der Waals surface area contributed by atoms with E-state index in [9.17, 15) is 9.59 Å². The summed E-state index contributed by atoms with van der Waals surface area (Å²) in [6, 6.07) is 20.3. The number of amides is 1. The second-order valence-electron chi connectivity index (χ2n) is 6.89. The quantitative estimate of drug-likeness (QED) is 0.601. The lowest BCUT2D eigenvalue weighted by atomic mass is 10.0. The van der Waals surface area contributed by atoms with Crippen molar-refractivity contribution in [3.63, 3.8) is 0 Å². The topological polar surface area (TPSA) is 75.3 Å². The standard InChI is InChI=1S/C22H17N3O3/c26-20-11-17(16-6-2-4-8-19(16)23-20)22(27)25-12-15(13-25)28-21-10-9-14-5-1-3-7-18(14)24-21/h1-11,15H,12-13H2,(H,23,26). The Morgan fingerprint density at radius 3 is 2.71 bits per heavy atom. The Morgan fingerprint density at radius 1 is 1.04 bits per heavy atom. The maximum atomic E-state index is 12.9. The van der Waals surface area contributed by atoms with Gasteiger partial charge in [-0.15, -0.1) is 0 Å². The van der Waals surface area contributed by atoms with Crippen LogP contribution in [-0.2, 0) is 0 Å². The number of carbonyl (C=O) groups excluding carboxylic acids is 1. The Kier molecular flexibility index (Phi) is 3.83. The number of hydrogen-bond acceptors (Lipinski definition) is 4. The summed E-state index contributed by atoms with van der Waals surface area (Å²) in [5, 5.41) is 1.80. The van der Waals surface area contributed by atoms with E-state index in [1.807, 2.05) is 54.6 Å². The monoisotopic (exact) mass is 371 g/mol. The summed E-state index contributed by atoms with van der Waals surface area (Å²) < 4.78 is 5.91. The predicted molar refractivity (Wildman–Crippen MR) is 107 cm³/mol. The maximum Gasteiger partial charge on any atom is 0.255 e. The number of carbonyl (C=O) groups is 1. The van der Waals surface area contributed by atoms with Crippen LogP contribution in [-0.4, -0.2) is 40.0 Å². The molecule has 2 aromatic heterocycles. The van der Waals surface area contributed by atoms with E-state index in [4.69, 9.17) is 4.74 Å². The average Bonchev–Trinajstić information content (AvgIpc) is 2.69. The van der Waals surface area contributed by atoms with Gasteiger partial charge in [-0.3, -0.25) is 9.59 Å². The van der Waals surface area contributed by atoms with Crippen molar-refractivity contribution in [1.82, 2.24) is 14.9 Å². The van der Waals surface area contributed by atoms with Gasteiger partial charge in [-0.1, -0.05) is 36.4 Å². The molecule has 0 aliphatic carbocycles. The molecule has 2 aromatic carbocycles. The Balaban J connectivity index is 1.31. The Labute approximate surface area is 160 Å². The molecule has 5 rings (SSSR count). The highest BCUT2D eigenvalue weighted by Gasteiger charge is 2.34. The average molecular weight is 371 g/mol. The first kappa shape index (κ1) is 16.5. The van der Waals surface area contributed by atoms with Gasteiger partial charge in [0.1, 0.15) is 6.10 Å². The minimum atomic E-state index is -0.282. The van der Waals surface area contributed by atoms with Gasteiger partial charge in [0.15, 0.2) is 0 Å². The molecule has 0 saturated carbocycles. The normalized spacial score (nSPS) is 14.2. The Morgan fingerprint density at radius 2 is 1.82 bits per heavy atom. The lowest BCUT2D eigenvalue weighted by Crippen LogP contribution is -2.56. The molecule has 0 spiro atoms. The van der Waals surface area contributed by atoms with Crippen LogP contribution < -0.4 is 10.3 Å². The van der Waals surface area contributed by atoms with Gasteiger partial charge >= 0.3 is 0 Å². The van der Waals surface area contributed by atoms with Gasteiger partial charge in [0.2, 0.25) is 11.4 Å². The van der Waals surface area contributed by atoms with E-state index < -0.39 is 0 Å². The van der Waals surface area contributed by atoms with Crippen LogP contribution in [0.4, 0.5) is 0 Å². The van der Waals surface area contributed by atoms with Crippen molar-refractivity contribution in [2.45, 2.75) is 6.10 Å². The molecule has 1 aliphatic rings. The molecule has 0 radical (unpaired) electrons. The molecule has 1 saturated heterocycles. The van der Waals surface area contributed by atoms with Crippen molar-refractivity contribution in [3.05, 3.63) is 82.6 Å². The van der Waals surface area contributed by atoms with Crippen LogP contribution in [0.2, 0.25) is 0 Å². The van der Waals surface area contributed by atoms with E-state index in [2.05, 4.69) is 9.97 Å². The Bertz CT molecular complexity index is 1260. The molecular formula is C22H17N3O3. The molecule has 3 heterocycles. The number of hydrogen-bond donors (Lipinski definition) is 1. The van der Waals surface area contributed by atoms with Crippen LogP contribution in [0.15, 0.2) is 71.5 Å². The number of benzene rings is 2. The SMILES string of the molecule is O=C(c1cc(=O)[nH]c2ccccc12)N1CC(Oc2ccc3ccccc3n2)C1. The first-order chi connectivity index (χ1) is 13.7. The number of para-hydroxylation sites is 2. The fourth-order valence-corrected chi connectivity index (χ4v) is 3.51. The minimum absolute atomic E-state index is 0.106. The molecule has 6 nitrogen and oxygen atoms in total. The highest BCUT2D eigenvalue weighted by atomic mass is 16.5. The third-order valence-electron chi connectivity index (χ3n) is 4.98. The Hall–Kier alpha value is -3.67. The van der Waals surface area contributed by atoms with Crippen LogP contribution in [0.5, 0.6) is 5.88 Å². The molecule has 1 aliphatic heterocycles. The van der Waals surface area contributed by atoms with Crippen molar-refractivity contribution in [3.8, 4) is 5.88 Å². The number of aromatic amines is 1. The van der Waals surface area contributed by atoms with Crippen molar-refractivity contribution in [1.29, 1.82) is 0 Å². The van der Waals surface area contributed by atoms with Gasteiger partial charge in [0.25, 0.3) is 5.91 Å². The largest absolute Gasteiger partial charge is 0.471 e. The lowest BCUT2D eigenvalue weighted by molar-refractivity contribution is 0.0163. The number of nitrogens with zero attached hydrogens (tertiary/aromatic N) is 2. The van der Waals surface area contributed by atoms with Gasteiger partial charge < -0.3 is 14.6 Å². The van der Waals surface area contributed by atoms with E-state index in [-0.39, 0.29) is 17.6 Å².